The van der Waals surface area contributed by atoms with Crippen molar-refractivity contribution in [1.82, 2.24) is 10.2 Å². The van der Waals surface area contributed by atoms with Gasteiger partial charge < -0.3 is 30.5 Å². The molecule has 0 spiro atoms. The van der Waals surface area contributed by atoms with E-state index in [0.29, 0.717) is 25.7 Å². The molecule has 0 saturated carbocycles. The number of hydrogen-bond acceptors (Lipinski definition) is 8. The van der Waals surface area contributed by atoms with Crippen LogP contribution in [0.1, 0.15) is 45.4 Å². The molecule has 2 aliphatic heterocycles. The molecule has 33 heavy (non-hydrogen) atoms. The smallest absolute Gasteiger partial charge is 0.407 e. The maximum absolute atomic E-state index is 13.2. The zero-order valence-electron chi connectivity index (χ0n) is 18.8. The molecule has 0 aromatic carbocycles. The number of likely N-dealkylation sites (tertiary alicyclic amines) is 1. The first kappa shape index (κ1) is 28.0. The van der Waals surface area contributed by atoms with Gasteiger partial charge in [-0.3, -0.25) is 9.69 Å². The zero-order chi connectivity index (χ0) is 24.7. The van der Waals surface area contributed by atoms with Gasteiger partial charge in [0.1, 0.15) is 35.9 Å². The van der Waals surface area contributed by atoms with Crippen molar-refractivity contribution in [2.75, 3.05) is 12.8 Å². The van der Waals surface area contributed by atoms with Crippen molar-refractivity contribution in [2.24, 2.45) is 5.92 Å². The molecule has 5 N–H and O–H groups in total. The lowest BCUT2D eigenvalue weighted by Crippen LogP contribution is -2.65. The van der Waals surface area contributed by atoms with Gasteiger partial charge in [0.2, 0.25) is 5.91 Å². The van der Waals surface area contributed by atoms with E-state index in [4.69, 9.17) is 21.6 Å². The lowest BCUT2D eigenvalue weighted by atomic mass is 9.92. The minimum atomic E-state index is -1.50. The summed E-state index contributed by atoms with van der Waals surface area (Å²) >= 11 is 7.46. The predicted octanol–water partition coefficient (Wildman–Crippen LogP) is 1.11. The van der Waals surface area contributed by atoms with Gasteiger partial charge >= 0.3 is 6.09 Å². The van der Waals surface area contributed by atoms with Gasteiger partial charge in [-0.1, -0.05) is 0 Å². The molecule has 2 saturated heterocycles. The highest BCUT2D eigenvalue weighted by Crippen LogP contribution is 2.31. The van der Waals surface area contributed by atoms with Gasteiger partial charge in [0.15, 0.2) is 0 Å². The molecule has 2 rings (SSSR count). The summed E-state index contributed by atoms with van der Waals surface area (Å²) < 4.78 is 5.76. The van der Waals surface area contributed by atoms with Crippen molar-refractivity contribution < 1.29 is 34.8 Å². The van der Waals surface area contributed by atoms with Crippen LogP contribution in [-0.2, 0) is 9.53 Å². The van der Waals surface area contributed by atoms with Gasteiger partial charge in [-0.25, -0.2) is 4.79 Å². The monoisotopic (exact) mass is 507 g/mol. The number of halogens is 1. The van der Waals surface area contributed by atoms with E-state index >= 15 is 0 Å². The molecule has 188 valence electrons. The number of carbonyl (C=O) groups is 2. The lowest BCUT2D eigenvalue weighted by Gasteiger charge is -2.44. The molecule has 10 nitrogen and oxygen atoms in total. The fourth-order valence-electron chi connectivity index (χ4n) is 4.52. The number of nitrogens with one attached hydrogen (secondary N) is 1. The van der Waals surface area contributed by atoms with E-state index in [1.54, 1.807) is 13.2 Å². The number of carboxylic acid groups (broad SMARTS) is 1. The average molecular weight is 508 g/mol. The third-order valence-electron chi connectivity index (χ3n) is 6.45. The van der Waals surface area contributed by atoms with Crippen LogP contribution >= 0.6 is 23.4 Å². The number of thioether (sulfide) groups is 1. The number of carbonyl (C=O) groups excluding carboxylic acids is 1. The van der Waals surface area contributed by atoms with Gasteiger partial charge in [-0.2, -0.15) is 5.26 Å². The van der Waals surface area contributed by atoms with E-state index in [-0.39, 0.29) is 12.5 Å². The largest absolute Gasteiger partial charge is 0.465 e. The van der Waals surface area contributed by atoms with Crippen LogP contribution in [0.2, 0.25) is 0 Å². The lowest BCUT2D eigenvalue weighted by molar-refractivity contribution is -0.205. The summed E-state index contributed by atoms with van der Waals surface area (Å²) in [5.74, 6) is -0.326. The SMILES string of the molecule is CSC1OC(C(NC(=O)C2CCC(CCCC#N)CCN2C(=O)O)C(C)Cl)C(O)C(O)C1O. The number of nitriles is 1. The van der Waals surface area contributed by atoms with E-state index in [1.165, 1.54) is 0 Å². The van der Waals surface area contributed by atoms with Crippen LogP contribution in [0.15, 0.2) is 0 Å². The van der Waals surface area contributed by atoms with Gasteiger partial charge in [0.25, 0.3) is 0 Å². The van der Waals surface area contributed by atoms with Crippen molar-refractivity contribution in [1.29, 1.82) is 5.26 Å². The Hall–Kier alpha value is -1.29. The number of nitrogens with zero attached hydrogens (tertiary/aromatic N) is 2. The van der Waals surface area contributed by atoms with Crippen LogP contribution in [0.3, 0.4) is 0 Å². The van der Waals surface area contributed by atoms with Crippen molar-refractivity contribution >= 4 is 35.4 Å². The molecular formula is C21H34ClN3O7S. The number of aliphatic hydroxyl groups is 3. The number of amides is 2. The average Bonchev–Trinajstić information content (AvgIpc) is 2.99. The van der Waals surface area contributed by atoms with E-state index < -0.39 is 59.3 Å². The Morgan fingerprint density at radius 3 is 2.52 bits per heavy atom. The highest BCUT2D eigenvalue weighted by atomic mass is 35.5. The number of rotatable bonds is 8. The molecule has 9 unspecified atom stereocenters. The number of unbranched alkanes of at least 4 members (excludes halogenated alkanes) is 1. The quantitative estimate of drug-likeness (QED) is 0.239. The summed E-state index contributed by atoms with van der Waals surface area (Å²) in [7, 11) is 0. The molecule has 2 fully saturated rings. The number of aliphatic hydroxyl groups excluding tert-OH is 3. The standard InChI is InChI=1S/C21H34ClN3O7S/c1-11(22)14(18-16(27)15(26)17(28)20(32-18)33-2)24-19(29)13-7-6-12(5-3-4-9-23)8-10-25(13)21(30)31/h11-18,20,26-28H,3-8,10H2,1-2H3,(H,24,29)(H,30,31). The van der Waals surface area contributed by atoms with E-state index in [0.717, 1.165) is 29.5 Å². The second-order valence-corrected chi connectivity index (χ2v) is 10.3. The summed E-state index contributed by atoms with van der Waals surface area (Å²) in [5, 5.41) is 51.3. The fourth-order valence-corrected chi connectivity index (χ4v) is 5.40. The van der Waals surface area contributed by atoms with Crippen LogP contribution < -0.4 is 5.32 Å². The van der Waals surface area contributed by atoms with E-state index in [9.17, 15) is 30.0 Å². The summed E-state index contributed by atoms with van der Waals surface area (Å²) in [5.41, 5.74) is -0.828. The van der Waals surface area contributed by atoms with Crippen molar-refractivity contribution in [3.63, 3.8) is 0 Å². The second kappa shape index (κ2) is 13.0. The summed E-state index contributed by atoms with van der Waals surface area (Å²) in [6.45, 7) is 1.80. The third kappa shape index (κ3) is 7.10. The summed E-state index contributed by atoms with van der Waals surface area (Å²) in [6.07, 6.45) is -1.35. The maximum atomic E-state index is 13.2. The molecule has 2 heterocycles. The van der Waals surface area contributed by atoms with Crippen LogP contribution in [0.4, 0.5) is 4.79 Å². The Bertz CT molecular complexity index is 708. The Labute approximate surface area is 203 Å². The van der Waals surface area contributed by atoms with Gasteiger partial charge in [0, 0.05) is 13.0 Å². The second-order valence-electron chi connectivity index (χ2n) is 8.66. The molecule has 2 amide bonds. The van der Waals surface area contributed by atoms with E-state index in [1.807, 2.05) is 0 Å². The normalized spacial score (nSPS) is 34.6. The van der Waals surface area contributed by atoms with Gasteiger partial charge in [-0.15, -0.1) is 23.4 Å². The minimum Gasteiger partial charge on any atom is -0.465 e. The fraction of sp³-hybridized carbons (Fsp3) is 0.857. The molecular weight excluding hydrogens is 474 g/mol. The van der Waals surface area contributed by atoms with Crippen molar-refractivity contribution in [3.8, 4) is 6.07 Å². The number of hydrogen-bond donors (Lipinski definition) is 5. The van der Waals surface area contributed by atoms with Crippen molar-refractivity contribution in [3.05, 3.63) is 0 Å². The Morgan fingerprint density at radius 1 is 1.24 bits per heavy atom. The van der Waals surface area contributed by atoms with E-state index in [2.05, 4.69) is 11.4 Å². The van der Waals surface area contributed by atoms with Crippen LogP contribution in [0, 0.1) is 17.2 Å². The molecule has 0 aliphatic carbocycles. The molecule has 0 aromatic rings. The molecule has 0 radical (unpaired) electrons. The van der Waals surface area contributed by atoms with Crippen LogP contribution in [0.5, 0.6) is 0 Å². The highest BCUT2D eigenvalue weighted by Gasteiger charge is 2.48. The van der Waals surface area contributed by atoms with Gasteiger partial charge in [-0.05, 0) is 51.2 Å². The van der Waals surface area contributed by atoms with Crippen LogP contribution in [-0.4, -0.2) is 97.4 Å². The Kier molecular flexibility index (Phi) is 11.0. The summed E-state index contributed by atoms with van der Waals surface area (Å²) in [6, 6.07) is 0.238. The van der Waals surface area contributed by atoms with Gasteiger partial charge in [0.05, 0.1) is 17.5 Å². The Balaban J connectivity index is 2.15. The summed E-state index contributed by atoms with van der Waals surface area (Å²) in [4.78, 5) is 26.2. The topological polar surface area (TPSA) is 163 Å². The molecule has 0 aromatic heterocycles. The number of ether oxygens (including phenoxy) is 1. The first-order valence-electron chi connectivity index (χ1n) is 11.2. The molecule has 9 atom stereocenters. The first-order valence-corrected chi connectivity index (χ1v) is 12.9. The minimum absolute atomic E-state index is 0.202. The molecule has 0 bridgehead atoms. The molecule has 12 heteroatoms. The third-order valence-corrected chi connectivity index (χ3v) is 7.57. The highest BCUT2D eigenvalue weighted by molar-refractivity contribution is 7.99. The predicted molar refractivity (Wildman–Crippen MR) is 123 cm³/mol. The van der Waals surface area contributed by atoms with Crippen molar-refractivity contribution in [2.45, 2.75) is 92.8 Å². The first-order chi connectivity index (χ1) is 15.6. The number of alkyl halides is 1. The Morgan fingerprint density at radius 2 is 1.94 bits per heavy atom. The maximum Gasteiger partial charge on any atom is 0.407 e. The van der Waals surface area contributed by atoms with Crippen LogP contribution in [0.25, 0.3) is 0 Å². The molecule has 2 aliphatic rings. The zero-order valence-corrected chi connectivity index (χ0v) is 20.4.